The van der Waals surface area contributed by atoms with Crippen LogP contribution < -0.4 is 10.1 Å². The summed E-state index contributed by atoms with van der Waals surface area (Å²) in [5, 5.41) is 3.78. The van der Waals surface area contributed by atoms with Crippen LogP contribution >= 0.6 is 11.6 Å². The number of hydrogen-bond donors (Lipinski definition) is 1. The summed E-state index contributed by atoms with van der Waals surface area (Å²) in [6, 6.07) is 15.8. The Morgan fingerprint density at radius 3 is 2.76 bits per heavy atom. The summed E-state index contributed by atoms with van der Waals surface area (Å²) in [6.07, 6.45) is -0.205. The van der Waals surface area contributed by atoms with E-state index in [4.69, 9.17) is 21.1 Å². The second-order valence-corrected chi connectivity index (χ2v) is 5.48. The Labute approximate surface area is 129 Å². The third-order valence-electron chi connectivity index (χ3n) is 3.65. The van der Waals surface area contributed by atoms with E-state index in [2.05, 4.69) is 17.4 Å². The molecule has 0 unspecified atom stereocenters. The molecule has 0 fully saturated rings. The van der Waals surface area contributed by atoms with Gasteiger partial charge in [0.1, 0.15) is 11.9 Å². The van der Waals surface area contributed by atoms with Gasteiger partial charge in [0.05, 0.1) is 11.6 Å². The van der Waals surface area contributed by atoms with Crippen LogP contribution in [-0.2, 0) is 11.3 Å². The topological polar surface area (TPSA) is 30.5 Å². The van der Waals surface area contributed by atoms with Crippen molar-refractivity contribution in [1.82, 2.24) is 5.32 Å². The molecule has 0 radical (unpaired) electrons. The molecular formula is C17H18ClNO2. The minimum Gasteiger partial charge on any atom is -0.481 e. The van der Waals surface area contributed by atoms with E-state index in [-0.39, 0.29) is 12.2 Å². The Morgan fingerprint density at radius 1 is 1.19 bits per heavy atom. The van der Waals surface area contributed by atoms with Crippen LogP contribution in [0.25, 0.3) is 0 Å². The summed E-state index contributed by atoms with van der Waals surface area (Å²) in [5.41, 5.74) is 2.34. The number of fused-ring (bicyclic) bond motifs is 1. The number of ether oxygens (including phenoxy) is 2. The molecule has 1 N–H and O–H groups in total. The van der Waals surface area contributed by atoms with Crippen LogP contribution in [-0.4, -0.2) is 19.7 Å². The van der Waals surface area contributed by atoms with Crippen LogP contribution in [0, 0.1) is 0 Å². The molecule has 1 aliphatic rings. The van der Waals surface area contributed by atoms with Gasteiger partial charge in [-0.25, -0.2) is 0 Å². The van der Waals surface area contributed by atoms with Crippen LogP contribution in [0.1, 0.15) is 17.2 Å². The van der Waals surface area contributed by atoms with Crippen LogP contribution in [0.3, 0.4) is 0 Å². The predicted molar refractivity (Wildman–Crippen MR) is 83.8 cm³/mol. The van der Waals surface area contributed by atoms with E-state index in [9.17, 15) is 0 Å². The molecule has 1 aliphatic heterocycles. The Morgan fingerprint density at radius 2 is 1.95 bits per heavy atom. The fourth-order valence-electron chi connectivity index (χ4n) is 2.61. The van der Waals surface area contributed by atoms with Crippen molar-refractivity contribution in [2.45, 2.75) is 18.8 Å². The quantitative estimate of drug-likeness (QED) is 0.936. The second-order valence-electron chi connectivity index (χ2n) is 5.07. The van der Waals surface area contributed by atoms with Crippen molar-refractivity contribution in [3.63, 3.8) is 0 Å². The fourth-order valence-corrected chi connectivity index (χ4v) is 2.79. The molecule has 3 rings (SSSR count). The van der Waals surface area contributed by atoms with E-state index >= 15 is 0 Å². The van der Waals surface area contributed by atoms with Gasteiger partial charge in [0.2, 0.25) is 0 Å². The standard InChI is InChI=1S/C17H18ClNO2/c1-19-10-16-17(21-15-9-5-4-8-14(15)18)13-7-3-2-6-12(13)11-20-16/h2-9,16-17,19H,10-11H2,1H3/t16-,17+/m1/s1. The van der Waals surface area contributed by atoms with Gasteiger partial charge >= 0.3 is 0 Å². The van der Waals surface area contributed by atoms with Gasteiger partial charge in [-0.1, -0.05) is 48.0 Å². The van der Waals surface area contributed by atoms with Crippen LogP contribution in [0.5, 0.6) is 5.75 Å². The monoisotopic (exact) mass is 303 g/mol. The Kier molecular flexibility index (Phi) is 4.44. The van der Waals surface area contributed by atoms with Crippen molar-refractivity contribution in [3.8, 4) is 5.75 Å². The summed E-state index contributed by atoms with van der Waals surface area (Å²) >= 11 is 6.21. The van der Waals surface area contributed by atoms with Crippen molar-refractivity contribution in [1.29, 1.82) is 0 Å². The van der Waals surface area contributed by atoms with Gasteiger partial charge in [-0.3, -0.25) is 0 Å². The van der Waals surface area contributed by atoms with E-state index in [1.54, 1.807) is 0 Å². The molecule has 0 saturated heterocycles. The zero-order chi connectivity index (χ0) is 14.7. The molecule has 2 aromatic rings. The first-order chi connectivity index (χ1) is 10.3. The first-order valence-electron chi connectivity index (χ1n) is 7.05. The number of hydrogen-bond acceptors (Lipinski definition) is 3. The molecule has 1 heterocycles. The predicted octanol–water partition coefficient (Wildman–Crippen LogP) is 3.58. The van der Waals surface area contributed by atoms with Crippen LogP contribution in [0.2, 0.25) is 5.02 Å². The summed E-state index contributed by atoms with van der Waals surface area (Å²) in [5.74, 6) is 0.686. The van der Waals surface area contributed by atoms with Gasteiger partial charge in [-0.15, -0.1) is 0 Å². The minimum atomic E-state index is -0.165. The molecule has 2 aromatic carbocycles. The van der Waals surface area contributed by atoms with Crippen molar-refractivity contribution in [2.24, 2.45) is 0 Å². The molecule has 0 bridgehead atoms. The minimum absolute atomic E-state index is 0.0406. The molecule has 0 aliphatic carbocycles. The summed E-state index contributed by atoms with van der Waals surface area (Å²) in [6.45, 7) is 1.34. The maximum absolute atomic E-state index is 6.21. The highest BCUT2D eigenvalue weighted by atomic mass is 35.5. The number of likely N-dealkylation sites (N-methyl/N-ethyl adjacent to an activating group) is 1. The van der Waals surface area contributed by atoms with Gasteiger partial charge in [-0.2, -0.15) is 0 Å². The third kappa shape index (κ3) is 3.05. The molecular weight excluding hydrogens is 286 g/mol. The van der Waals surface area contributed by atoms with E-state index < -0.39 is 0 Å². The molecule has 0 aromatic heterocycles. The first-order valence-corrected chi connectivity index (χ1v) is 7.42. The van der Waals surface area contributed by atoms with E-state index in [1.165, 1.54) is 11.1 Å². The zero-order valence-electron chi connectivity index (χ0n) is 11.9. The van der Waals surface area contributed by atoms with Gasteiger partial charge in [0.25, 0.3) is 0 Å². The normalized spacial score (nSPS) is 20.9. The van der Waals surface area contributed by atoms with Crippen LogP contribution in [0.4, 0.5) is 0 Å². The Balaban J connectivity index is 1.93. The van der Waals surface area contributed by atoms with Crippen molar-refractivity contribution >= 4 is 11.6 Å². The highest BCUT2D eigenvalue weighted by molar-refractivity contribution is 6.32. The molecule has 3 nitrogen and oxygen atoms in total. The molecule has 0 spiro atoms. The molecule has 0 saturated carbocycles. The number of halogens is 1. The molecule has 21 heavy (non-hydrogen) atoms. The zero-order valence-corrected chi connectivity index (χ0v) is 12.6. The second kappa shape index (κ2) is 6.48. The number of benzene rings is 2. The lowest BCUT2D eigenvalue weighted by atomic mass is 9.96. The average Bonchev–Trinajstić information content (AvgIpc) is 2.52. The SMILES string of the molecule is CNC[C@H]1OCc2ccccc2[C@@H]1Oc1ccccc1Cl. The van der Waals surface area contributed by atoms with Crippen molar-refractivity contribution < 1.29 is 9.47 Å². The third-order valence-corrected chi connectivity index (χ3v) is 3.96. The summed E-state index contributed by atoms with van der Waals surface area (Å²) < 4.78 is 12.1. The van der Waals surface area contributed by atoms with Crippen molar-refractivity contribution in [3.05, 3.63) is 64.7 Å². The lowest BCUT2D eigenvalue weighted by Crippen LogP contribution is -2.38. The largest absolute Gasteiger partial charge is 0.481 e. The summed E-state index contributed by atoms with van der Waals surface area (Å²) in [4.78, 5) is 0. The maximum Gasteiger partial charge on any atom is 0.151 e. The smallest absolute Gasteiger partial charge is 0.151 e. The highest BCUT2D eigenvalue weighted by Gasteiger charge is 2.32. The lowest BCUT2D eigenvalue weighted by molar-refractivity contribution is -0.0496. The first kappa shape index (κ1) is 14.4. The molecule has 2 atom stereocenters. The Bertz CT molecular complexity index is 617. The Hall–Kier alpha value is -1.55. The van der Waals surface area contributed by atoms with Gasteiger partial charge in [-0.05, 0) is 24.7 Å². The highest BCUT2D eigenvalue weighted by Crippen LogP contribution is 2.35. The van der Waals surface area contributed by atoms with Crippen molar-refractivity contribution in [2.75, 3.05) is 13.6 Å². The van der Waals surface area contributed by atoms with E-state index in [0.29, 0.717) is 17.4 Å². The number of nitrogens with one attached hydrogen (secondary N) is 1. The molecule has 4 heteroatoms. The van der Waals surface area contributed by atoms with Gasteiger partial charge in [0, 0.05) is 12.1 Å². The maximum atomic E-state index is 6.21. The van der Waals surface area contributed by atoms with E-state index in [1.807, 2.05) is 43.4 Å². The number of rotatable bonds is 4. The number of para-hydroxylation sites is 1. The summed E-state index contributed by atoms with van der Waals surface area (Å²) in [7, 11) is 1.91. The van der Waals surface area contributed by atoms with Gasteiger partial charge in [0.15, 0.2) is 6.10 Å². The molecule has 0 amide bonds. The van der Waals surface area contributed by atoms with E-state index in [0.717, 1.165) is 6.54 Å². The fraction of sp³-hybridized carbons (Fsp3) is 0.294. The average molecular weight is 304 g/mol. The van der Waals surface area contributed by atoms with Crippen LogP contribution in [0.15, 0.2) is 48.5 Å². The molecule has 110 valence electrons. The lowest BCUT2D eigenvalue weighted by Gasteiger charge is -2.34. The van der Waals surface area contributed by atoms with Gasteiger partial charge < -0.3 is 14.8 Å².